The number of nitrogens with one attached hydrogen (secondary N) is 1. The average Bonchev–Trinajstić information content (AvgIpc) is 2.64. The first-order valence-corrected chi connectivity index (χ1v) is 9.30. The minimum Gasteiger partial charge on any atom is -0.496 e. The molecule has 0 bridgehead atoms. The predicted molar refractivity (Wildman–Crippen MR) is 94.6 cm³/mol. The van der Waals surface area contributed by atoms with Gasteiger partial charge in [0.2, 0.25) is 15.8 Å². The molecule has 0 aromatic heterocycles. The van der Waals surface area contributed by atoms with Crippen LogP contribution >= 0.6 is 0 Å². The number of ketones is 1. The molecule has 0 spiro atoms. The predicted octanol–water partition coefficient (Wildman–Crippen LogP) is 1.85. The standard InChI is InChI=1S/C18H18FNO6S/c1-12-3-6-14(7-4-12)27(23,24)20-10-18(22)26-11-16(21)15-9-13(19)5-8-17(15)25-2/h3-9,20H,10-11H2,1-2H3. The molecule has 7 nitrogen and oxygen atoms in total. The maximum atomic E-state index is 13.3. The molecule has 0 aliphatic heterocycles. The van der Waals surface area contributed by atoms with Gasteiger partial charge in [-0.3, -0.25) is 9.59 Å². The van der Waals surface area contributed by atoms with Crippen molar-refractivity contribution in [2.75, 3.05) is 20.3 Å². The monoisotopic (exact) mass is 395 g/mol. The Kier molecular flexibility index (Phi) is 6.65. The molecule has 0 atom stereocenters. The van der Waals surface area contributed by atoms with Crippen molar-refractivity contribution >= 4 is 21.8 Å². The molecule has 2 aromatic carbocycles. The number of methoxy groups -OCH3 is 1. The van der Waals surface area contributed by atoms with E-state index in [1.807, 2.05) is 6.92 Å². The van der Waals surface area contributed by atoms with Crippen LogP contribution in [0.5, 0.6) is 5.75 Å². The molecule has 0 fully saturated rings. The summed E-state index contributed by atoms with van der Waals surface area (Å²) < 4.78 is 49.3. The van der Waals surface area contributed by atoms with Gasteiger partial charge in [-0.05, 0) is 37.3 Å². The number of Topliss-reactive ketones (excluding diaryl/α,β-unsaturated/α-hetero) is 1. The van der Waals surface area contributed by atoms with Gasteiger partial charge in [-0.2, -0.15) is 4.72 Å². The van der Waals surface area contributed by atoms with Crippen LogP contribution in [0.4, 0.5) is 4.39 Å². The Labute approximate surface area is 156 Å². The van der Waals surface area contributed by atoms with Crippen LogP contribution in [0.1, 0.15) is 15.9 Å². The van der Waals surface area contributed by atoms with Crippen LogP contribution in [0, 0.1) is 12.7 Å². The van der Waals surface area contributed by atoms with Gasteiger partial charge in [-0.25, -0.2) is 12.8 Å². The highest BCUT2D eigenvalue weighted by atomic mass is 32.2. The first kappa shape index (κ1) is 20.5. The second-order valence-electron chi connectivity index (χ2n) is 5.57. The number of hydrogen-bond acceptors (Lipinski definition) is 6. The fourth-order valence-corrected chi connectivity index (χ4v) is 3.10. The van der Waals surface area contributed by atoms with E-state index in [4.69, 9.17) is 9.47 Å². The molecule has 0 aliphatic rings. The van der Waals surface area contributed by atoms with Crippen LogP contribution < -0.4 is 9.46 Å². The van der Waals surface area contributed by atoms with E-state index in [9.17, 15) is 22.4 Å². The van der Waals surface area contributed by atoms with E-state index in [1.54, 1.807) is 12.1 Å². The minimum absolute atomic E-state index is 0.00136. The molecule has 0 aliphatic carbocycles. The maximum Gasteiger partial charge on any atom is 0.321 e. The van der Waals surface area contributed by atoms with E-state index < -0.39 is 40.7 Å². The number of carbonyl (C=O) groups excluding carboxylic acids is 2. The number of carbonyl (C=O) groups is 2. The van der Waals surface area contributed by atoms with E-state index in [2.05, 4.69) is 4.72 Å². The van der Waals surface area contributed by atoms with Gasteiger partial charge in [0, 0.05) is 0 Å². The Hall–Kier alpha value is -2.78. The summed E-state index contributed by atoms with van der Waals surface area (Å²) in [5, 5.41) is 0. The number of halogens is 1. The molecule has 0 unspecified atom stereocenters. The van der Waals surface area contributed by atoms with Crippen molar-refractivity contribution in [2.45, 2.75) is 11.8 Å². The molecule has 1 N–H and O–H groups in total. The summed E-state index contributed by atoms with van der Waals surface area (Å²) in [5.74, 6) is -2.13. The number of hydrogen-bond donors (Lipinski definition) is 1. The SMILES string of the molecule is COc1ccc(F)cc1C(=O)COC(=O)CNS(=O)(=O)c1ccc(C)cc1. The topological polar surface area (TPSA) is 98.8 Å². The van der Waals surface area contributed by atoms with Crippen molar-refractivity contribution in [3.8, 4) is 5.75 Å². The van der Waals surface area contributed by atoms with Gasteiger partial charge in [-0.1, -0.05) is 17.7 Å². The minimum atomic E-state index is -3.88. The van der Waals surface area contributed by atoms with Crippen LogP contribution in [-0.4, -0.2) is 40.4 Å². The lowest BCUT2D eigenvalue weighted by Crippen LogP contribution is -2.31. The number of sulfonamides is 1. The quantitative estimate of drug-likeness (QED) is 0.541. The zero-order valence-electron chi connectivity index (χ0n) is 14.7. The summed E-state index contributed by atoms with van der Waals surface area (Å²) in [4.78, 5) is 23.8. The third-order valence-corrected chi connectivity index (χ3v) is 4.98. The summed E-state index contributed by atoms with van der Waals surface area (Å²) in [6.45, 7) is 0.487. The first-order chi connectivity index (χ1) is 12.7. The Morgan fingerprint density at radius 1 is 1.11 bits per heavy atom. The molecule has 0 heterocycles. The van der Waals surface area contributed by atoms with Crippen LogP contribution in [0.25, 0.3) is 0 Å². The second-order valence-corrected chi connectivity index (χ2v) is 7.33. The molecule has 2 rings (SSSR count). The Balaban J connectivity index is 1.92. The smallest absolute Gasteiger partial charge is 0.321 e. The number of benzene rings is 2. The third kappa shape index (κ3) is 5.60. The lowest BCUT2D eigenvalue weighted by Gasteiger charge is -2.09. The maximum absolute atomic E-state index is 13.3. The molecular formula is C18H18FNO6S. The summed E-state index contributed by atoms with van der Waals surface area (Å²) in [5.41, 5.74) is 0.810. The number of aryl methyl sites for hydroxylation is 1. The van der Waals surface area contributed by atoms with Gasteiger partial charge in [0.25, 0.3) is 0 Å². The summed E-state index contributed by atoms with van der Waals surface area (Å²) >= 11 is 0. The van der Waals surface area contributed by atoms with Crippen LogP contribution in [-0.2, 0) is 19.6 Å². The van der Waals surface area contributed by atoms with Crippen LogP contribution in [0.15, 0.2) is 47.4 Å². The zero-order valence-corrected chi connectivity index (χ0v) is 15.5. The van der Waals surface area contributed by atoms with E-state index in [1.165, 1.54) is 25.3 Å². The lowest BCUT2D eigenvalue weighted by molar-refractivity contribution is -0.141. The number of ether oxygens (including phenoxy) is 2. The summed E-state index contributed by atoms with van der Waals surface area (Å²) in [6, 6.07) is 9.43. The molecule has 0 saturated heterocycles. The van der Waals surface area contributed by atoms with Crippen LogP contribution in [0.2, 0.25) is 0 Å². The van der Waals surface area contributed by atoms with Gasteiger partial charge in [-0.15, -0.1) is 0 Å². The fourth-order valence-electron chi connectivity index (χ4n) is 2.13. The van der Waals surface area contributed by atoms with Gasteiger partial charge < -0.3 is 9.47 Å². The Morgan fingerprint density at radius 2 is 1.78 bits per heavy atom. The van der Waals surface area contributed by atoms with E-state index in [0.717, 1.165) is 17.7 Å². The molecule has 0 amide bonds. The van der Waals surface area contributed by atoms with Gasteiger partial charge >= 0.3 is 5.97 Å². The van der Waals surface area contributed by atoms with E-state index in [0.29, 0.717) is 0 Å². The Bertz CT molecular complexity index is 941. The number of esters is 1. The summed E-state index contributed by atoms with van der Waals surface area (Å²) in [6.07, 6.45) is 0. The Morgan fingerprint density at radius 3 is 2.41 bits per heavy atom. The fraction of sp³-hybridized carbons (Fsp3) is 0.222. The van der Waals surface area contributed by atoms with Gasteiger partial charge in [0.05, 0.1) is 17.6 Å². The highest BCUT2D eigenvalue weighted by Crippen LogP contribution is 2.20. The zero-order chi connectivity index (χ0) is 20.0. The molecule has 27 heavy (non-hydrogen) atoms. The van der Waals surface area contributed by atoms with Crippen molar-refractivity contribution in [2.24, 2.45) is 0 Å². The van der Waals surface area contributed by atoms with Crippen molar-refractivity contribution in [3.63, 3.8) is 0 Å². The van der Waals surface area contributed by atoms with Crippen LogP contribution in [0.3, 0.4) is 0 Å². The van der Waals surface area contributed by atoms with Crippen molar-refractivity contribution < 1.29 is 31.9 Å². The second kappa shape index (κ2) is 8.74. The molecule has 9 heteroatoms. The van der Waals surface area contributed by atoms with Crippen molar-refractivity contribution in [3.05, 3.63) is 59.4 Å². The van der Waals surface area contributed by atoms with Gasteiger partial charge in [0.15, 0.2) is 6.61 Å². The molecule has 144 valence electrons. The largest absolute Gasteiger partial charge is 0.496 e. The molecule has 0 radical (unpaired) electrons. The van der Waals surface area contributed by atoms with E-state index in [-0.39, 0.29) is 16.2 Å². The van der Waals surface area contributed by atoms with Crippen molar-refractivity contribution in [1.29, 1.82) is 0 Å². The number of rotatable bonds is 8. The van der Waals surface area contributed by atoms with Crippen molar-refractivity contribution in [1.82, 2.24) is 4.72 Å². The third-order valence-electron chi connectivity index (χ3n) is 3.56. The lowest BCUT2D eigenvalue weighted by atomic mass is 10.1. The molecule has 0 saturated carbocycles. The van der Waals surface area contributed by atoms with Gasteiger partial charge in [0.1, 0.15) is 18.1 Å². The molecular weight excluding hydrogens is 377 g/mol. The van der Waals surface area contributed by atoms with E-state index >= 15 is 0 Å². The molecule has 2 aromatic rings. The highest BCUT2D eigenvalue weighted by molar-refractivity contribution is 7.89. The summed E-state index contributed by atoms with van der Waals surface area (Å²) in [7, 11) is -2.57. The first-order valence-electron chi connectivity index (χ1n) is 7.81. The highest BCUT2D eigenvalue weighted by Gasteiger charge is 2.18. The average molecular weight is 395 g/mol. The normalized spacial score (nSPS) is 11.1.